The monoisotopic (exact) mass is 261 g/mol. The van der Waals surface area contributed by atoms with Gasteiger partial charge in [-0.2, -0.15) is 0 Å². The maximum Gasteiger partial charge on any atom is 0.0349 e. The van der Waals surface area contributed by atoms with Gasteiger partial charge in [0.05, 0.1) is 0 Å². The Labute approximate surface area is 117 Å². The minimum Gasteiger partial charge on any atom is -0.329 e. The first-order valence-corrected chi connectivity index (χ1v) is 7.31. The molecule has 1 unspecified atom stereocenters. The molecule has 2 N–H and O–H groups in total. The van der Waals surface area contributed by atoms with Crippen LogP contribution in [0.1, 0.15) is 30.9 Å². The fourth-order valence-electron chi connectivity index (χ4n) is 2.72. The van der Waals surface area contributed by atoms with Gasteiger partial charge < -0.3 is 10.6 Å². The lowest BCUT2D eigenvalue weighted by Gasteiger charge is -2.39. The van der Waals surface area contributed by atoms with Crippen LogP contribution in [-0.2, 0) is 6.54 Å². The van der Waals surface area contributed by atoms with Crippen molar-refractivity contribution in [2.45, 2.75) is 32.4 Å². The Morgan fingerprint density at radius 1 is 1.21 bits per heavy atom. The van der Waals surface area contributed by atoms with Crippen LogP contribution in [0.5, 0.6) is 0 Å². The third kappa shape index (κ3) is 3.78. The molecule has 106 valence electrons. The zero-order chi connectivity index (χ0) is 13.8. The van der Waals surface area contributed by atoms with Crippen LogP contribution < -0.4 is 5.73 Å². The van der Waals surface area contributed by atoms with E-state index in [4.69, 9.17) is 5.73 Å². The zero-order valence-corrected chi connectivity index (χ0v) is 12.5. The molecule has 0 radical (unpaired) electrons. The van der Waals surface area contributed by atoms with Crippen LogP contribution in [0, 0.1) is 0 Å². The summed E-state index contributed by atoms with van der Waals surface area (Å²) in [5, 5.41) is 0. The molecular formula is C16H27N3. The topological polar surface area (TPSA) is 32.5 Å². The van der Waals surface area contributed by atoms with E-state index in [-0.39, 0.29) is 0 Å². The second kappa shape index (κ2) is 6.51. The summed E-state index contributed by atoms with van der Waals surface area (Å²) in [5.74, 6) is 0.606. The van der Waals surface area contributed by atoms with E-state index in [0.717, 1.165) is 32.7 Å². The van der Waals surface area contributed by atoms with Gasteiger partial charge in [0.25, 0.3) is 0 Å². The second-order valence-electron chi connectivity index (χ2n) is 6.02. The first kappa shape index (κ1) is 14.5. The highest BCUT2D eigenvalue weighted by Gasteiger charge is 2.23. The Morgan fingerprint density at radius 2 is 1.89 bits per heavy atom. The van der Waals surface area contributed by atoms with Crippen molar-refractivity contribution in [1.29, 1.82) is 0 Å². The van der Waals surface area contributed by atoms with Gasteiger partial charge in [0.15, 0.2) is 0 Å². The van der Waals surface area contributed by atoms with Gasteiger partial charge >= 0.3 is 0 Å². The van der Waals surface area contributed by atoms with Gasteiger partial charge in [0.1, 0.15) is 0 Å². The molecule has 1 aromatic carbocycles. The SMILES string of the molecule is CC(C)c1ccc(CN2CCN(C)CC2CN)cc1. The molecule has 19 heavy (non-hydrogen) atoms. The molecule has 3 heteroatoms. The molecule has 0 spiro atoms. The molecule has 0 amide bonds. The average Bonchev–Trinajstić information content (AvgIpc) is 2.41. The Hall–Kier alpha value is -0.900. The van der Waals surface area contributed by atoms with Gasteiger partial charge in [-0.15, -0.1) is 0 Å². The van der Waals surface area contributed by atoms with Crippen molar-refractivity contribution in [3.63, 3.8) is 0 Å². The Kier molecular flexibility index (Phi) is 4.97. The maximum absolute atomic E-state index is 5.91. The molecule has 3 nitrogen and oxygen atoms in total. The molecule has 0 bridgehead atoms. The largest absolute Gasteiger partial charge is 0.329 e. The Bertz CT molecular complexity index is 385. The van der Waals surface area contributed by atoms with Gasteiger partial charge in [-0.1, -0.05) is 38.1 Å². The number of nitrogens with zero attached hydrogens (tertiary/aromatic N) is 2. The summed E-state index contributed by atoms with van der Waals surface area (Å²) in [7, 11) is 2.18. The average molecular weight is 261 g/mol. The second-order valence-corrected chi connectivity index (χ2v) is 6.02. The lowest BCUT2D eigenvalue weighted by molar-refractivity contribution is 0.0881. The molecule has 0 saturated carbocycles. The maximum atomic E-state index is 5.91. The van der Waals surface area contributed by atoms with Crippen molar-refractivity contribution in [2.75, 3.05) is 33.2 Å². The van der Waals surface area contributed by atoms with Gasteiger partial charge in [-0.05, 0) is 24.1 Å². The van der Waals surface area contributed by atoms with E-state index in [1.165, 1.54) is 11.1 Å². The van der Waals surface area contributed by atoms with Gasteiger partial charge in [0, 0.05) is 38.8 Å². The van der Waals surface area contributed by atoms with E-state index < -0.39 is 0 Å². The number of likely N-dealkylation sites (N-methyl/N-ethyl adjacent to an activating group) is 1. The van der Waals surface area contributed by atoms with Crippen molar-refractivity contribution in [3.05, 3.63) is 35.4 Å². The molecule has 1 aliphatic rings. The lowest BCUT2D eigenvalue weighted by Crippen LogP contribution is -2.54. The van der Waals surface area contributed by atoms with E-state index in [9.17, 15) is 0 Å². The minimum atomic E-state index is 0.489. The van der Waals surface area contributed by atoms with Crippen molar-refractivity contribution in [1.82, 2.24) is 9.80 Å². The summed E-state index contributed by atoms with van der Waals surface area (Å²) in [6.07, 6.45) is 0. The van der Waals surface area contributed by atoms with Crippen LogP contribution in [0.25, 0.3) is 0 Å². The summed E-state index contributed by atoms with van der Waals surface area (Å²) in [6, 6.07) is 9.53. The number of benzene rings is 1. The Balaban J connectivity index is 1.99. The van der Waals surface area contributed by atoms with Crippen LogP contribution in [-0.4, -0.2) is 49.1 Å². The summed E-state index contributed by atoms with van der Waals surface area (Å²) in [6.45, 7) is 9.58. The third-order valence-electron chi connectivity index (χ3n) is 4.11. The van der Waals surface area contributed by atoms with Crippen molar-refractivity contribution < 1.29 is 0 Å². The number of hydrogen-bond donors (Lipinski definition) is 1. The fraction of sp³-hybridized carbons (Fsp3) is 0.625. The first-order chi connectivity index (χ1) is 9.10. The molecule has 1 fully saturated rings. The summed E-state index contributed by atoms with van der Waals surface area (Å²) >= 11 is 0. The van der Waals surface area contributed by atoms with Crippen LogP contribution in [0.3, 0.4) is 0 Å². The number of piperazine rings is 1. The molecule has 1 aromatic rings. The van der Waals surface area contributed by atoms with Gasteiger partial charge in [-0.3, -0.25) is 4.90 Å². The summed E-state index contributed by atoms with van der Waals surface area (Å²) < 4.78 is 0. The van der Waals surface area contributed by atoms with Crippen LogP contribution >= 0.6 is 0 Å². The Morgan fingerprint density at radius 3 is 2.47 bits per heavy atom. The first-order valence-electron chi connectivity index (χ1n) is 7.31. The van der Waals surface area contributed by atoms with Crippen LogP contribution in [0.4, 0.5) is 0 Å². The van der Waals surface area contributed by atoms with E-state index in [2.05, 4.69) is 55.0 Å². The van der Waals surface area contributed by atoms with Crippen molar-refractivity contribution in [3.8, 4) is 0 Å². The van der Waals surface area contributed by atoms with E-state index in [1.807, 2.05) is 0 Å². The number of hydrogen-bond acceptors (Lipinski definition) is 3. The lowest BCUT2D eigenvalue weighted by atomic mass is 10.0. The molecule has 1 atom stereocenters. The molecular weight excluding hydrogens is 234 g/mol. The summed E-state index contributed by atoms with van der Waals surface area (Å²) in [4.78, 5) is 4.89. The predicted octanol–water partition coefficient (Wildman–Crippen LogP) is 1.88. The van der Waals surface area contributed by atoms with Crippen LogP contribution in [0.2, 0.25) is 0 Å². The van der Waals surface area contributed by atoms with E-state index in [0.29, 0.717) is 12.0 Å². The zero-order valence-electron chi connectivity index (χ0n) is 12.5. The smallest absolute Gasteiger partial charge is 0.0349 e. The predicted molar refractivity (Wildman–Crippen MR) is 81.3 cm³/mol. The van der Waals surface area contributed by atoms with Gasteiger partial charge in [0.2, 0.25) is 0 Å². The molecule has 1 saturated heterocycles. The van der Waals surface area contributed by atoms with Gasteiger partial charge in [-0.25, -0.2) is 0 Å². The summed E-state index contributed by atoms with van der Waals surface area (Å²) in [5.41, 5.74) is 8.72. The fourth-order valence-corrected chi connectivity index (χ4v) is 2.72. The van der Waals surface area contributed by atoms with Crippen LogP contribution in [0.15, 0.2) is 24.3 Å². The normalized spacial score (nSPS) is 22.1. The highest BCUT2D eigenvalue weighted by Crippen LogP contribution is 2.17. The molecule has 1 heterocycles. The molecule has 0 aromatic heterocycles. The van der Waals surface area contributed by atoms with Crippen molar-refractivity contribution in [2.24, 2.45) is 5.73 Å². The quantitative estimate of drug-likeness (QED) is 0.898. The number of nitrogens with two attached hydrogens (primary N) is 1. The molecule has 1 aliphatic heterocycles. The van der Waals surface area contributed by atoms with E-state index in [1.54, 1.807) is 0 Å². The molecule has 0 aliphatic carbocycles. The third-order valence-corrected chi connectivity index (χ3v) is 4.11. The standard InChI is InChI=1S/C16H27N3/c1-13(2)15-6-4-14(5-7-15)11-19-9-8-18(3)12-16(19)10-17/h4-7,13,16H,8-12,17H2,1-3H3. The molecule has 2 rings (SSSR count). The van der Waals surface area contributed by atoms with E-state index >= 15 is 0 Å². The highest BCUT2D eigenvalue weighted by atomic mass is 15.3. The number of rotatable bonds is 4. The highest BCUT2D eigenvalue weighted by molar-refractivity contribution is 5.24. The van der Waals surface area contributed by atoms with Crippen molar-refractivity contribution >= 4 is 0 Å². The minimum absolute atomic E-state index is 0.489.